The summed E-state index contributed by atoms with van der Waals surface area (Å²) in [6.07, 6.45) is 0. The first-order chi connectivity index (χ1) is 10.8. The lowest BCUT2D eigenvalue weighted by molar-refractivity contribution is 0.572. The lowest BCUT2D eigenvalue weighted by Gasteiger charge is -2.15. The van der Waals surface area contributed by atoms with Crippen LogP contribution in [0.1, 0.15) is 18.5 Å². The second-order valence-electron chi connectivity index (χ2n) is 5.12. The molecule has 23 heavy (non-hydrogen) atoms. The number of benzene rings is 2. The topological polar surface area (TPSA) is 46.2 Å². The summed E-state index contributed by atoms with van der Waals surface area (Å²) in [7, 11) is -3.50. The number of nitrogens with one attached hydrogen (secondary N) is 1. The average molecular weight is 393 g/mol. The molecule has 3 nitrogen and oxygen atoms in total. The molecule has 2 aromatic carbocycles. The Morgan fingerprint density at radius 2 is 1.74 bits per heavy atom. The van der Waals surface area contributed by atoms with Crippen molar-refractivity contribution in [2.45, 2.75) is 17.9 Å². The van der Waals surface area contributed by atoms with Gasteiger partial charge in [-0.3, -0.25) is 0 Å². The molecule has 2 aromatic rings. The highest BCUT2D eigenvalue weighted by molar-refractivity contribution is 7.91. The van der Waals surface area contributed by atoms with Gasteiger partial charge in [-0.25, -0.2) is 8.42 Å². The van der Waals surface area contributed by atoms with Crippen molar-refractivity contribution in [1.82, 2.24) is 5.32 Å². The van der Waals surface area contributed by atoms with Gasteiger partial charge in [0.25, 0.3) is 0 Å². The summed E-state index contributed by atoms with van der Waals surface area (Å²) < 4.78 is 24.7. The minimum atomic E-state index is -3.50. The SMILES string of the molecule is C[C@H](NCCS(=O)(=O)c1cc(Cl)ccc1Cl)c1cccc(Cl)c1. The van der Waals surface area contributed by atoms with E-state index in [1.807, 2.05) is 25.1 Å². The Balaban J connectivity index is 2.01. The third-order valence-electron chi connectivity index (χ3n) is 3.40. The van der Waals surface area contributed by atoms with E-state index in [1.54, 1.807) is 12.1 Å². The van der Waals surface area contributed by atoms with Crippen molar-refractivity contribution in [3.8, 4) is 0 Å². The second-order valence-corrected chi connectivity index (χ2v) is 8.48. The zero-order valence-corrected chi connectivity index (χ0v) is 15.5. The third-order valence-corrected chi connectivity index (χ3v) is 6.06. The van der Waals surface area contributed by atoms with Gasteiger partial charge < -0.3 is 5.32 Å². The maximum absolute atomic E-state index is 12.4. The molecular formula is C16H16Cl3NO2S. The molecule has 0 amide bonds. The minimum absolute atomic E-state index is 0.0151. The molecule has 0 bridgehead atoms. The van der Waals surface area contributed by atoms with Crippen molar-refractivity contribution in [3.63, 3.8) is 0 Å². The average Bonchev–Trinajstić information content (AvgIpc) is 2.49. The molecule has 0 saturated heterocycles. The van der Waals surface area contributed by atoms with E-state index in [2.05, 4.69) is 5.32 Å². The fourth-order valence-electron chi connectivity index (χ4n) is 2.13. The Morgan fingerprint density at radius 3 is 2.43 bits per heavy atom. The molecule has 1 atom stereocenters. The third kappa shape index (κ3) is 5.10. The van der Waals surface area contributed by atoms with E-state index in [0.717, 1.165) is 5.56 Å². The van der Waals surface area contributed by atoms with Gasteiger partial charge in [0, 0.05) is 22.6 Å². The van der Waals surface area contributed by atoms with Gasteiger partial charge in [0.05, 0.1) is 15.7 Å². The molecule has 0 spiro atoms. The van der Waals surface area contributed by atoms with Crippen molar-refractivity contribution in [1.29, 1.82) is 0 Å². The summed E-state index contributed by atoms with van der Waals surface area (Å²) in [5.41, 5.74) is 0.996. The summed E-state index contributed by atoms with van der Waals surface area (Å²) in [6.45, 7) is 2.24. The molecule has 1 N–H and O–H groups in total. The van der Waals surface area contributed by atoms with Crippen LogP contribution in [-0.2, 0) is 9.84 Å². The predicted octanol–water partition coefficient (Wildman–Crippen LogP) is 4.77. The highest BCUT2D eigenvalue weighted by Crippen LogP contribution is 2.26. The number of hydrogen-bond donors (Lipinski definition) is 1. The summed E-state index contributed by atoms with van der Waals surface area (Å²) in [5, 5.41) is 4.34. The van der Waals surface area contributed by atoms with E-state index < -0.39 is 9.84 Å². The van der Waals surface area contributed by atoms with E-state index in [1.165, 1.54) is 12.1 Å². The van der Waals surface area contributed by atoms with Crippen LogP contribution < -0.4 is 5.32 Å². The van der Waals surface area contributed by atoms with Crippen molar-refractivity contribution in [2.24, 2.45) is 0 Å². The van der Waals surface area contributed by atoms with Crippen molar-refractivity contribution < 1.29 is 8.42 Å². The molecule has 7 heteroatoms. The number of hydrogen-bond acceptors (Lipinski definition) is 3. The number of rotatable bonds is 6. The van der Waals surface area contributed by atoms with E-state index in [9.17, 15) is 8.42 Å². The van der Waals surface area contributed by atoms with Gasteiger partial charge in [-0.1, -0.05) is 46.9 Å². The van der Waals surface area contributed by atoms with E-state index in [4.69, 9.17) is 34.8 Å². The first kappa shape index (κ1) is 18.6. The first-order valence-electron chi connectivity index (χ1n) is 6.96. The Bertz CT molecular complexity index is 794. The van der Waals surface area contributed by atoms with Crippen LogP contribution in [0.2, 0.25) is 15.1 Å². The standard InChI is InChI=1S/C16H16Cl3NO2S/c1-11(12-3-2-4-13(17)9-12)20-7-8-23(21,22)16-10-14(18)5-6-15(16)19/h2-6,9-11,20H,7-8H2,1H3/t11-/m0/s1. The van der Waals surface area contributed by atoms with Gasteiger partial charge in [0.2, 0.25) is 0 Å². The maximum Gasteiger partial charge on any atom is 0.181 e. The maximum atomic E-state index is 12.4. The highest BCUT2D eigenvalue weighted by Gasteiger charge is 2.19. The molecule has 0 heterocycles. The molecule has 124 valence electrons. The fraction of sp³-hybridized carbons (Fsp3) is 0.250. The lowest BCUT2D eigenvalue weighted by Crippen LogP contribution is -2.26. The van der Waals surface area contributed by atoms with Crippen molar-refractivity contribution in [3.05, 3.63) is 63.1 Å². The molecule has 0 radical (unpaired) electrons. The second kappa shape index (κ2) is 7.86. The molecule has 0 aromatic heterocycles. The molecule has 0 unspecified atom stereocenters. The molecular weight excluding hydrogens is 377 g/mol. The van der Waals surface area contributed by atoms with Gasteiger partial charge in [0.1, 0.15) is 0 Å². The number of sulfone groups is 1. The van der Waals surface area contributed by atoms with Gasteiger partial charge in [-0.15, -0.1) is 0 Å². The number of halogens is 3. The van der Waals surface area contributed by atoms with Crippen molar-refractivity contribution >= 4 is 44.6 Å². The van der Waals surface area contributed by atoms with Crippen LogP contribution in [0, 0.1) is 0 Å². The molecule has 0 aliphatic carbocycles. The van der Waals surface area contributed by atoms with E-state index in [-0.39, 0.29) is 21.7 Å². The van der Waals surface area contributed by atoms with Gasteiger partial charge in [-0.05, 0) is 42.8 Å². The van der Waals surface area contributed by atoms with Crippen LogP contribution in [0.4, 0.5) is 0 Å². The van der Waals surface area contributed by atoms with Crippen LogP contribution in [-0.4, -0.2) is 20.7 Å². The van der Waals surface area contributed by atoms with Gasteiger partial charge in [-0.2, -0.15) is 0 Å². The molecule has 0 fully saturated rings. The highest BCUT2D eigenvalue weighted by atomic mass is 35.5. The smallest absolute Gasteiger partial charge is 0.181 e. The van der Waals surface area contributed by atoms with Crippen molar-refractivity contribution in [2.75, 3.05) is 12.3 Å². The van der Waals surface area contributed by atoms with E-state index in [0.29, 0.717) is 16.6 Å². The molecule has 0 saturated carbocycles. The summed E-state index contributed by atoms with van der Waals surface area (Å²) in [6, 6.07) is 11.8. The normalized spacial score (nSPS) is 13.0. The lowest BCUT2D eigenvalue weighted by atomic mass is 10.1. The molecule has 0 aliphatic heterocycles. The minimum Gasteiger partial charge on any atom is -0.309 e. The van der Waals surface area contributed by atoms with Crippen LogP contribution in [0.5, 0.6) is 0 Å². The first-order valence-corrected chi connectivity index (χ1v) is 9.75. The van der Waals surface area contributed by atoms with Crippen LogP contribution >= 0.6 is 34.8 Å². The molecule has 0 aliphatic rings. The zero-order valence-electron chi connectivity index (χ0n) is 12.4. The van der Waals surface area contributed by atoms with Crippen LogP contribution in [0.15, 0.2) is 47.4 Å². The summed E-state index contributed by atoms with van der Waals surface area (Å²) >= 11 is 17.8. The summed E-state index contributed by atoms with van der Waals surface area (Å²) in [4.78, 5) is 0.0591. The van der Waals surface area contributed by atoms with Crippen LogP contribution in [0.3, 0.4) is 0 Å². The largest absolute Gasteiger partial charge is 0.309 e. The Morgan fingerprint density at radius 1 is 1.04 bits per heavy atom. The molecule has 2 rings (SSSR count). The fourth-order valence-corrected chi connectivity index (χ4v) is 4.31. The predicted molar refractivity (Wildman–Crippen MR) is 96.4 cm³/mol. The monoisotopic (exact) mass is 391 g/mol. The Kier molecular flexibility index (Phi) is 6.34. The zero-order chi connectivity index (χ0) is 17.0. The van der Waals surface area contributed by atoms with Gasteiger partial charge in [0.15, 0.2) is 9.84 Å². The summed E-state index contributed by atoms with van der Waals surface area (Å²) in [5.74, 6) is -0.0715. The van der Waals surface area contributed by atoms with Gasteiger partial charge >= 0.3 is 0 Å². The Labute approximate surface area is 151 Å². The van der Waals surface area contributed by atoms with Crippen LogP contribution in [0.25, 0.3) is 0 Å². The quantitative estimate of drug-likeness (QED) is 0.770. The Hall–Kier alpha value is -0.780. The van der Waals surface area contributed by atoms with E-state index >= 15 is 0 Å².